The number of carbonyl (C=O) groups excluding carboxylic acids is 1. The maximum atomic E-state index is 12.8. The second-order valence-corrected chi connectivity index (χ2v) is 10.8. The van der Waals surface area contributed by atoms with Gasteiger partial charge in [0, 0.05) is 30.4 Å². The van der Waals surface area contributed by atoms with Crippen molar-refractivity contribution in [2.45, 2.75) is 22.9 Å². The van der Waals surface area contributed by atoms with E-state index in [1.54, 1.807) is 24.3 Å². The van der Waals surface area contributed by atoms with Crippen molar-refractivity contribution in [3.05, 3.63) is 59.1 Å². The highest BCUT2D eigenvalue weighted by atomic mass is 35.5. The zero-order valence-corrected chi connectivity index (χ0v) is 19.4. The van der Waals surface area contributed by atoms with Crippen LogP contribution < -0.4 is 4.90 Å². The van der Waals surface area contributed by atoms with Crippen LogP contribution in [0.3, 0.4) is 0 Å². The molecule has 0 radical (unpaired) electrons. The van der Waals surface area contributed by atoms with Crippen LogP contribution in [0.15, 0.2) is 58.6 Å². The number of rotatable bonds is 6. The van der Waals surface area contributed by atoms with E-state index >= 15 is 0 Å². The van der Waals surface area contributed by atoms with Gasteiger partial charge in [0.1, 0.15) is 4.90 Å². The van der Waals surface area contributed by atoms with Gasteiger partial charge in [-0.15, -0.1) is 10.2 Å². The summed E-state index contributed by atoms with van der Waals surface area (Å²) in [6.07, 6.45) is 2.20. The van der Waals surface area contributed by atoms with E-state index in [0.29, 0.717) is 15.9 Å². The summed E-state index contributed by atoms with van der Waals surface area (Å²) in [5.74, 6) is 0.595. The summed E-state index contributed by atoms with van der Waals surface area (Å²) in [4.78, 5) is 14.9. The fourth-order valence-electron chi connectivity index (χ4n) is 3.99. The van der Waals surface area contributed by atoms with Gasteiger partial charge in [-0.2, -0.15) is 0 Å². The summed E-state index contributed by atoms with van der Waals surface area (Å²) >= 11 is 7.58. The van der Waals surface area contributed by atoms with Crippen LogP contribution in [0.1, 0.15) is 23.2 Å². The molecule has 1 amide bonds. The molecule has 1 saturated heterocycles. The molecule has 3 aromatic rings. The van der Waals surface area contributed by atoms with E-state index in [4.69, 9.17) is 11.6 Å². The molecule has 0 N–H and O–H groups in total. The van der Waals surface area contributed by atoms with Crippen LogP contribution in [0.4, 0.5) is 5.95 Å². The second-order valence-electron chi connectivity index (χ2n) is 7.52. The molecule has 5 rings (SSSR count). The molecule has 0 saturated carbocycles. The Balaban J connectivity index is 1.39. The van der Waals surface area contributed by atoms with Crippen LogP contribution >= 0.6 is 23.4 Å². The third-order valence-electron chi connectivity index (χ3n) is 5.51. The van der Waals surface area contributed by atoms with Gasteiger partial charge in [0.05, 0.1) is 11.3 Å². The van der Waals surface area contributed by atoms with Crippen molar-refractivity contribution < 1.29 is 13.2 Å². The lowest BCUT2D eigenvalue weighted by molar-refractivity contribution is 0.0876. The Morgan fingerprint density at radius 1 is 1.03 bits per heavy atom. The summed E-state index contributed by atoms with van der Waals surface area (Å²) in [5.41, 5.74) is 1.06. The topological polar surface area (TPSA) is 88.4 Å². The van der Waals surface area contributed by atoms with Gasteiger partial charge in [-0.1, -0.05) is 41.6 Å². The van der Waals surface area contributed by atoms with Gasteiger partial charge in [-0.05, 0) is 43.2 Å². The number of halogens is 1. The van der Waals surface area contributed by atoms with Crippen molar-refractivity contribution >= 4 is 45.2 Å². The maximum Gasteiger partial charge on any atom is 0.269 e. The summed E-state index contributed by atoms with van der Waals surface area (Å²) < 4.78 is 28.4. The summed E-state index contributed by atoms with van der Waals surface area (Å²) in [7, 11) is -3.82. The molecule has 0 bridgehead atoms. The minimum absolute atomic E-state index is 0.0436. The molecule has 1 fully saturated rings. The van der Waals surface area contributed by atoms with Gasteiger partial charge in [0.15, 0.2) is 5.16 Å². The summed E-state index contributed by atoms with van der Waals surface area (Å²) in [6.45, 7) is 1.85. The number of carbonyl (C=O) groups is 1. The third kappa shape index (κ3) is 3.66. The highest BCUT2D eigenvalue weighted by molar-refractivity contribution is 7.99. The van der Waals surface area contributed by atoms with Crippen molar-refractivity contribution in [3.8, 4) is 5.69 Å². The molecule has 0 unspecified atom stereocenters. The number of hydrogen-bond donors (Lipinski definition) is 0. The minimum atomic E-state index is -3.82. The zero-order chi connectivity index (χ0) is 22.3. The first-order chi connectivity index (χ1) is 15.5. The van der Waals surface area contributed by atoms with Gasteiger partial charge in [-0.25, -0.2) is 12.7 Å². The van der Waals surface area contributed by atoms with Crippen molar-refractivity contribution in [3.63, 3.8) is 0 Å². The molecular formula is C21H20ClN5O3S2. The molecule has 2 aliphatic heterocycles. The van der Waals surface area contributed by atoms with E-state index in [0.717, 1.165) is 41.9 Å². The largest absolute Gasteiger partial charge is 0.341 e. The lowest BCUT2D eigenvalue weighted by atomic mass is 10.2. The van der Waals surface area contributed by atoms with E-state index < -0.39 is 15.9 Å². The number of hydrogen-bond acceptors (Lipinski definition) is 7. The lowest BCUT2D eigenvalue weighted by Gasteiger charge is -2.19. The van der Waals surface area contributed by atoms with E-state index in [-0.39, 0.29) is 17.0 Å². The Bertz CT molecular complexity index is 1290. The maximum absolute atomic E-state index is 12.8. The normalized spacial score (nSPS) is 17.2. The van der Waals surface area contributed by atoms with Crippen LogP contribution in [-0.4, -0.2) is 58.8 Å². The number of fused-ring (bicyclic) bond motifs is 1. The molecule has 0 atom stereocenters. The number of aromatic nitrogens is 3. The molecule has 166 valence electrons. The first-order valence-electron chi connectivity index (χ1n) is 10.2. The van der Waals surface area contributed by atoms with Gasteiger partial charge in [0.2, 0.25) is 5.95 Å². The molecular weight excluding hydrogens is 470 g/mol. The summed E-state index contributed by atoms with van der Waals surface area (Å²) in [5, 5.41) is 9.99. The molecule has 11 heteroatoms. The Morgan fingerprint density at radius 3 is 2.56 bits per heavy atom. The fourth-order valence-corrected chi connectivity index (χ4v) is 6.73. The van der Waals surface area contributed by atoms with Crippen LogP contribution in [0.5, 0.6) is 0 Å². The van der Waals surface area contributed by atoms with Crippen LogP contribution in [0.2, 0.25) is 5.02 Å². The first-order valence-corrected chi connectivity index (χ1v) is 13.0. The van der Waals surface area contributed by atoms with Gasteiger partial charge >= 0.3 is 0 Å². The number of sulfonamides is 1. The monoisotopic (exact) mass is 489 g/mol. The van der Waals surface area contributed by atoms with Crippen LogP contribution in [0.25, 0.3) is 5.69 Å². The third-order valence-corrected chi connectivity index (χ3v) is 8.49. The molecule has 2 aliphatic rings. The summed E-state index contributed by atoms with van der Waals surface area (Å²) in [6, 6.07) is 13.7. The van der Waals surface area contributed by atoms with Crippen molar-refractivity contribution in [1.29, 1.82) is 0 Å². The molecule has 8 nitrogen and oxygen atoms in total. The molecule has 32 heavy (non-hydrogen) atoms. The lowest BCUT2D eigenvalue weighted by Crippen LogP contribution is -2.32. The predicted octanol–water partition coefficient (Wildman–Crippen LogP) is 3.46. The number of thioether (sulfide) groups is 1. The number of benzene rings is 2. The molecule has 1 aromatic heterocycles. The molecule has 3 heterocycles. The quantitative estimate of drug-likeness (QED) is 0.490. The van der Waals surface area contributed by atoms with Crippen LogP contribution in [0, 0.1) is 0 Å². The highest BCUT2D eigenvalue weighted by Gasteiger charge is 2.40. The number of nitrogens with zero attached hydrogens (tertiary/aromatic N) is 5. The standard InChI is InChI=1S/C21H20ClN5O3S2/c22-15-6-5-7-16(14-15)27-20(25-10-3-4-11-25)23-24-21(27)31-13-12-26-19(28)17-8-1-2-9-18(17)32(26,29)30/h1-2,5-9,14H,3-4,10-13H2. The van der Waals surface area contributed by atoms with Gasteiger partial charge in [-0.3, -0.25) is 9.36 Å². The van der Waals surface area contributed by atoms with Crippen molar-refractivity contribution in [1.82, 2.24) is 19.1 Å². The number of amides is 1. The Kier molecular flexibility index (Phi) is 5.60. The highest BCUT2D eigenvalue weighted by Crippen LogP contribution is 2.32. The zero-order valence-electron chi connectivity index (χ0n) is 17.0. The minimum Gasteiger partial charge on any atom is -0.341 e. The van der Waals surface area contributed by atoms with Gasteiger partial charge in [0.25, 0.3) is 15.9 Å². The Morgan fingerprint density at radius 2 is 1.81 bits per heavy atom. The van der Waals surface area contributed by atoms with Crippen LogP contribution in [-0.2, 0) is 10.0 Å². The van der Waals surface area contributed by atoms with Crippen molar-refractivity contribution in [2.75, 3.05) is 30.3 Å². The Labute approximate surface area is 195 Å². The number of anilines is 1. The molecule has 2 aromatic carbocycles. The fraction of sp³-hybridized carbons (Fsp3) is 0.286. The predicted molar refractivity (Wildman–Crippen MR) is 123 cm³/mol. The smallest absolute Gasteiger partial charge is 0.269 e. The van der Waals surface area contributed by atoms with E-state index in [2.05, 4.69) is 15.1 Å². The molecule has 0 aliphatic carbocycles. The average Bonchev–Trinajstić information content (AvgIpc) is 3.49. The Hall–Kier alpha value is -2.56. The van der Waals surface area contributed by atoms with E-state index in [1.165, 1.54) is 17.8 Å². The molecule has 0 spiro atoms. The average molecular weight is 490 g/mol. The van der Waals surface area contributed by atoms with E-state index in [9.17, 15) is 13.2 Å². The van der Waals surface area contributed by atoms with Crippen molar-refractivity contribution in [2.24, 2.45) is 0 Å². The van der Waals surface area contributed by atoms with E-state index in [1.807, 2.05) is 22.8 Å². The van der Waals surface area contributed by atoms with Gasteiger partial charge < -0.3 is 4.90 Å². The second kappa shape index (κ2) is 8.42. The SMILES string of the molecule is O=C1c2ccccc2S(=O)(=O)N1CCSc1nnc(N2CCCC2)n1-c1cccc(Cl)c1. The first kappa shape index (κ1) is 21.3.